The third-order valence-corrected chi connectivity index (χ3v) is 3.62. The molecule has 0 N–H and O–H groups in total. The summed E-state index contributed by atoms with van der Waals surface area (Å²) in [5.74, 6) is -0.412. The van der Waals surface area contributed by atoms with Crippen LogP contribution in [0.1, 0.15) is 18.9 Å². The Morgan fingerprint density at radius 3 is 2.89 bits per heavy atom. The number of hydrogen-bond donors (Lipinski definition) is 0. The van der Waals surface area contributed by atoms with E-state index in [9.17, 15) is 9.59 Å². The number of amides is 1. The standard InChI is InChI=1S/C10H15N5O3S/c1-14(5-9(17)18-2)8(16)6-19-10-11-12-13-15(10)7-3-4-7/h7H,3-6H2,1-2H3. The second-order valence-electron chi connectivity index (χ2n) is 4.25. The molecule has 0 bridgehead atoms. The summed E-state index contributed by atoms with van der Waals surface area (Å²) in [6.07, 6.45) is 2.16. The number of esters is 1. The Kier molecular flexibility index (Phi) is 4.35. The molecule has 1 saturated carbocycles. The van der Waals surface area contributed by atoms with Crippen molar-refractivity contribution in [2.45, 2.75) is 24.0 Å². The maximum absolute atomic E-state index is 11.8. The molecule has 8 nitrogen and oxygen atoms in total. The highest BCUT2D eigenvalue weighted by Crippen LogP contribution is 2.36. The number of methoxy groups -OCH3 is 1. The van der Waals surface area contributed by atoms with Crippen LogP contribution in [0.2, 0.25) is 0 Å². The number of aromatic nitrogens is 4. The Balaban J connectivity index is 1.82. The zero-order valence-electron chi connectivity index (χ0n) is 10.8. The van der Waals surface area contributed by atoms with E-state index in [1.165, 1.54) is 23.8 Å². The lowest BCUT2D eigenvalue weighted by Crippen LogP contribution is -2.33. The Bertz CT molecular complexity index is 473. The lowest BCUT2D eigenvalue weighted by molar-refractivity contribution is -0.145. The van der Waals surface area contributed by atoms with Gasteiger partial charge in [-0.25, -0.2) is 4.68 Å². The van der Waals surface area contributed by atoms with Gasteiger partial charge in [0.05, 0.1) is 18.9 Å². The van der Waals surface area contributed by atoms with Crippen molar-refractivity contribution >= 4 is 23.6 Å². The predicted molar refractivity (Wildman–Crippen MR) is 66.5 cm³/mol. The zero-order chi connectivity index (χ0) is 13.8. The summed E-state index contributed by atoms with van der Waals surface area (Å²) in [6, 6.07) is 0.375. The van der Waals surface area contributed by atoms with Crippen molar-refractivity contribution in [1.82, 2.24) is 25.1 Å². The molecule has 2 rings (SSSR count). The van der Waals surface area contributed by atoms with Crippen LogP contribution in [-0.2, 0) is 14.3 Å². The normalized spacial score (nSPS) is 14.2. The molecule has 0 radical (unpaired) electrons. The van der Waals surface area contributed by atoms with Crippen molar-refractivity contribution in [3.63, 3.8) is 0 Å². The van der Waals surface area contributed by atoms with Gasteiger partial charge in [0, 0.05) is 7.05 Å². The number of likely N-dealkylation sites (N-methyl/N-ethyl adjacent to an activating group) is 1. The monoisotopic (exact) mass is 285 g/mol. The number of ether oxygens (including phenoxy) is 1. The summed E-state index contributed by atoms with van der Waals surface area (Å²) >= 11 is 1.28. The fourth-order valence-corrected chi connectivity index (χ4v) is 2.30. The van der Waals surface area contributed by atoms with E-state index in [1.807, 2.05) is 0 Å². The molecule has 1 heterocycles. The molecule has 0 aromatic carbocycles. The van der Waals surface area contributed by atoms with Gasteiger partial charge in [-0.05, 0) is 23.3 Å². The fourth-order valence-electron chi connectivity index (χ4n) is 1.41. The van der Waals surface area contributed by atoms with E-state index in [1.54, 1.807) is 11.7 Å². The topological polar surface area (TPSA) is 90.2 Å². The lowest BCUT2D eigenvalue weighted by atomic mass is 10.5. The highest BCUT2D eigenvalue weighted by atomic mass is 32.2. The highest BCUT2D eigenvalue weighted by Gasteiger charge is 2.28. The second-order valence-corrected chi connectivity index (χ2v) is 5.19. The number of rotatable bonds is 6. The Labute approximate surface area is 114 Å². The molecule has 1 aromatic rings. The second kappa shape index (κ2) is 6.00. The first-order chi connectivity index (χ1) is 9.11. The maximum Gasteiger partial charge on any atom is 0.325 e. The SMILES string of the molecule is COC(=O)CN(C)C(=O)CSc1nnnn1C1CC1. The molecule has 0 unspecified atom stereocenters. The van der Waals surface area contributed by atoms with Crippen LogP contribution < -0.4 is 0 Å². The van der Waals surface area contributed by atoms with Gasteiger partial charge in [-0.3, -0.25) is 9.59 Å². The molecule has 1 aliphatic rings. The van der Waals surface area contributed by atoms with E-state index in [0.717, 1.165) is 12.8 Å². The summed E-state index contributed by atoms with van der Waals surface area (Å²) < 4.78 is 6.25. The number of carbonyl (C=O) groups is 2. The summed E-state index contributed by atoms with van der Waals surface area (Å²) in [4.78, 5) is 24.2. The molecule has 104 valence electrons. The average Bonchev–Trinajstić information content (AvgIpc) is 3.14. The quantitative estimate of drug-likeness (QED) is 0.525. The van der Waals surface area contributed by atoms with Crippen LogP contribution in [0, 0.1) is 0 Å². The van der Waals surface area contributed by atoms with E-state index in [-0.39, 0.29) is 18.2 Å². The lowest BCUT2D eigenvalue weighted by Gasteiger charge is -2.14. The van der Waals surface area contributed by atoms with Crippen molar-refractivity contribution < 1.29 is 14.3 Å². The molecular formula is C10H15N5O3S. The van der Waals surface area contributed by atoms with Gasteiger partial charge in [0.2, 0.25) is 11.1 Å². The van der Waals surface area contributed by atoms with Crippen LogP contribution in [0.4, 0.5) is 0 Å². The molecule has 1 aromatic heterocycles. The molecule has 0 spiro atoms. The minimum absolute atomic E-state index is 0.0521. The molecular weight excluding hydrogens is 270 g/mol. The highest BCUT2D eigenvalue weighted by molar-refractivity contribution is 7.99. The maximum atomic E-state index is 11.8. The minimum Gasteiger partial charge on any atom is -0.468 e. The molecule has 1 aliphatic carbocycles. The Morgan fingerprint density at radius 1 is 1.53 bits per heavy atom. The van der Waals surface area contributed by atoms with E-state index in [0.29, 0.717) is 11.2 Å². The number of carbonyl (C=O) groups excluding carboxylic acids is 2. The number of nitrogens with zero attached hydrogens (tertiary/aromatic N) is 5. The molecule has 0 saturated heterocycles. The molecule has 1 fully saturated rings. The molecule has 19 heavy (non-hydrogen) atoms. The first kappa shape index (κ1) is 13.8. The van der Waals surface area contributed by atoms with E-state index in [4.69, 9.17) is 0 Å². The number of thioether (sulfide) groups is 1. The first-order valence-electron chi connectivity index (χ1n) is 5.83. The van der Waals surface area contributed by atoms with E-state index in [2.05, 4.69) is 20.3 Å². The Morgan fingerprint density at radius 2 is 2.26 bits per heavy atom. The average molecular weight is 285 g/mol. The third kappa shape index (κ3) is 3.66. The van der Waals surface area contributed by atoms with Crippen molar-refractivity contribution in [1.29, 1.82) is 0 Å². The van der Waals surface area contributed by atoms with Gasteiger partial charge in [0.25, 0.3) is 0 Å². The van der Waals surface area contributed by atoms with Crippen LogP contribution in [0.3, 0.4) is 0 Å². The summed E-state index contributed by atoms with van der Waals surface area (Å²) in [5.41, 5.74) is 0. The van der Waals surface area contributed by atoms with Gasteiger partial charge < -0.3 is 9.64 Å². The van der Waals surface area contributed by atoms with Gasteiger partial charge in [-0.2, -0.15) is 0 Å². The molecule has 9 heteroatoms. The largest absolute Gasteiger partial charge is 0.468 e. The van der Waals surface area contributed by atoms with Gasteiger partial charge in [-0.1, -0.05) is 11.8 Å². The van der Waals surface area contributed by atoms with Crippen LogP contribution in [0.15, 0.2) is 5.16 Å². The minimum atomic E-state index is -0.441. The smallest absolute Gasteiger partial charge is 0.325 e. The van der Waals surface area contributed by atoms with Crippen molar-refractivity contribution in [2.24, 2.45) is 0 Å². The van der Waals surface area contributed by atoms with Gasteiger partial charge in [-0.15, -0.1) is 5.10 Å². The van der Waals surface area contributed by atoms with E-state index < -0.39 is 5.97 Å². The predicted octanol–water partition coefficient (Wildman–Crippen LogP) is -0.269. The van der Waals surface area contributed by atoms with Crippen LogP contribution in [-0.4, -0.2) is 63.4 Å². The van der Waals surface area contributed by atoms with Gasteiger partial charge in [0.1, 0.15) is 6.54 Å². The van der Waals surface area contributed by atoms with Gasteiger partial charge in [0.15, 0.2) is 0 Å². The molecule has 0 atom stereocenters. The third-order valence-electron chi connectivity index (χ3n) is 2.70. The molecule has 1 amide bonds. The number of hydrogen-bond acceptors (Lipinski definition) is 7. The summed E-state index contributed by atoms with van der Waals surface area (Å²) in [7, 11) is 2.85. The van der Waals surface area contributed by atoms with Gasteiger partial charge >= 0.3 is 5.97 Å². The van der Waals surface area contributed by atoms with Crippen molar-refractivity contribution in [3.8, 4) is 0 Å². The van der Waals surface area contributed by atoms with Crippen LogP contribution in [0.5, 0.6) is 0 Å². The zero-order valence-corrected chi connectivity index (χ0v) is 11.6. The van der Waals surface area contributed by atoms with Crippen molar-refractivity contribution in [3.05, 3.63) is 0 Å². The fraction of sp³-hybridized carbons (Fsp3) is 0.700. The van der Waals surface area contributed by atoms with E-state index >= 15 is 0 Å². The Hall–Kier alpha value is -1.64. The van der Waals surface area contributed by atoms with Crippen molar-refractivity contribution in [2.75, 3.05) is 26.5 Å². The van der Waals surface area contributed by atoms with Crippen LogP contribution in [0.25, 0.3) is 0 Å². The van der Waals surface area contributed by atoms with Crippen LogP contribution >= 0.6 is 11.8 Å². The number of tetrazole rings is 1. The summed E-state index contributed by atoms with van der Waals surface area (Å²) in [6.45, 7) is -0.0521. The molecule has 0 aliphatic heterocycles. The summed E-state index contributed by atoms with van der Waals surface area (Å²) in [5, 5.41) is 12.0. The first-order valence-corrected chi connectivity index (χ1v) is 6.82.